The van der Waals surface area contributed by atoms with Crippen LogP contribution in [0, 0.1) is 0 Å². The zero-order chi connectivity index (χ0) is 14.5. The monoisotopic (exact) mass is 279 g/mol. The van der Waals surface area contributed by atoms with Gasteiger partial charge in [0.2, 0.25) is 23.8 Å². The molecule has 3 N–H and O–H groups in total. The van der Waals surface area contributed by atoms with Crippen LogP contribution in [0.2, 0.25) is 0 Å². The van der Waals surface area contributed by atoms with Gasteiger partial charge in [0.1, 0.15) is 0 Å². The third kappa shape index (κ3) is 3.69. The van der Waals surface area contributed by atoms with Crippen molar-refractivity contribution in [1.29, 1.82) is 0 Å². The summed E-state index contributed by atoms with van der Waals surface area (Å²) in [5.41, 5.74) is 5.64. The van der Waals surface area contributed by atoms with Crippen LogP contribution in [0.3, 0.4) is 0 Å². The fourth-order valence-corrected chi connectivity index (χ4v) is 2.07. The first-order chi connectivity index (χ1) is 9.56. The molecule has 20 heavy (non-hydrogen) atoms. The quantitative estimate of drug-likeness (QED) is 0.704. The minimum absolute atomic E-state index is 0.195. The Morgan fingerprint density at radius 3 is 2.80 bits per heavy atom. The molecule has 1 aliphatic rings. The fraction of sp³-hybridized carbons (Fsp3) is 0.667. The molecule has 0 saturated carbocycles. The van der Waals surface area contributed by atoms with E-state index in [1.54, 1.807) is 4.90 Å². The molecule has 0 unspecified atom stereocenters. The number of nitrogens with one attached hydrogen (secondary N) is 1. The Bertz CT molecular complexity index is 477. The number of aromatic nitrogens is 3. The Morgan fingerprint density at radius 1 is 1.35 bits per heavy atom. The number of nitrogen functional groups attached to an aromatic ring is 1. The lowest BCUT2D eigenvalue weighted by Gasteiger charge is -2.15. The minimum atomic E-state index is 0.195. The van der Waals surface area contributed by atoms with Crippen molar-refractivity contribution >= 4 is 23.8 Å². The lowest BCUT2D eigenvalue weighted by Crippen LogP contribution is -2.27. The molecule has 8 heteroatoms. The molecule has 1 aromatic heterocycles. The first-order valence-corrected chi connectivity index (χ1v) is 6.77. The number of likely N-dealkylation sites (tertiary alicyclic amines) is 1. The summed E-state index contributed by atoms with van der Waals surface area (Å²) in [5, 5.41) is 3.11. The minimum Gasteiger partial charge on any atom is -0.368 e. The number of anilines is 3. The molecule has 1 aliphatic heterocycles. The van der Waals surface area contributed by atoms with E-state index in [2.05, 4.69) is 20.3 Å². The summed E-state index contributed by atoms with van der Waals surface area (Å²) in [4.78, 5) is 27.4. The predicted octanol–water partition coefficient (Wildman–Crippen LogP) is -0.0558. The molecule has 110 valence electrons. The summed E-state index contributed by atoms with van der Waals surface area (Å²) in [6, 6.07) is 0. The lowest BCUT2D eigenvalue weighted by molar-refractivity contribution is -0.127. The van der Waals surface area contributed by atoms with E-state index in [0.29, 0.717) is 24.9 Å². The fourth-order valence-electron chi connectivity index (χ4n) is 2.07. The van der Waals surface area contributed by atoms with Crippen molar-refractivity contribution in [1.82, 2.24) is 19.9 Å². The molecule has 8 nitrogen and oxygen atoms in total. The number of hydrogen-bond acceptors (Lipinski definition) is 7. The molecule has 1 saturated heterocycles. The summed E-state index contributed by atoms with van der Waals surface area (Å²) in [5.74, 6) is 1.44. The van der Waals surface area contributed by atoms with Gasteiger partial charge in [-0.3, -0.25) is 4.79 Å². The van der Waals surface area contributed by atoms with Gasteiger partial charge >= 0.3 is 0 Å². The van der Waals surface area contributed by atoms with Crippen molar-refractivity contribution < 1.29 is 4.79 Å². The molecule has 0 spiro atoms. The average molecular weight is 279 g/mol. The standard InChI is InChI=1S/C12H21N7O/c1-18(2)12-16-10(13)15-11(17-12)14-6-4-8-19-7-3-5-9(19)20/h3-8H2,1-2H3,(H3,13,14,15,16,17). The molecule has 2 rings (SSSR count). The summed E-state index contributed by atoms with van der Waals surface area (Å²) in [6.07, 6.45) is 2.51. The molecule has 0 aromatic carbocycles. The normalized spacial score (nSPS) is 14.7. The van der Waals surface area contributed by atoms with Gasteiger partial charge in [-0.1, -0.05) is 0 Å². The largest absolute Gasteiger partial charge is 0.368 e. The van der Waals surface area contributed by atoms with Crippen LogP contribution in [0.4, 0.5) is 17.8 Å². The van der Waals surface area contributed by atoms with Crippen molar-refractivity contribution in [3.63, 3.8) is 0 Å². The van der Waals surface area contributed by atoms with Crippen molar-refractivity contribution in [3.05, 3.63) is 0 Å². The van der Waals surface area contributed by atoms with Crippen molar-refractivity contribution in [2.45, 2.75) is 19.3 Å². The molecule has 0 atom stereocenters. The van der Waals surface area contributed by atoms with Crippen molar-refractivity contribution in [2.24, 2.45) is 0 Å². The van der Waals surface area contributed by atoms with Gasteiger partial charge in [0.25, 0.3) is 0 Å². The zero-order valence-electron chi connectivity index (χ0n) is 12.0. The lowest BCUT2D eigenvalue weighted by atomic mass is 10.4. The smallest absolute Gasteiger partial charge is 0.231 e. The van der Waals surface area contributed by atoms with Crippen LogP contribution >= 0.6 is 0 Å². The second-order valence-corrected chi connectivity index (χ2v) is 4.98. The summed E-state index contributed by atoms with van der Waals surface area (Å²) < 4.78 is 0. The number of rotatable bonds is 6. The number of amides is 1. The predicted molar refractivity (Wildman–Crippen MR) is 77.5 cm³/mol. The molecule has 0 aliphatic carbocycles. The molecule has 2 heterocycles. The van der Waals surface area contributed by atoms with Gasteiger partial charge in [-0.25, -0.2) is 0 Å². The van der Waals surface area contributed by atoms with Gasteiger partial charge in [0.05, 0.1) is 0 Å². The highest BCUT2D eigenvalue weighted by Gasteiger charge is 2.18. The number of hydrogen-bond donors (Lipinski definition) is 2. The third-order valence-electron chi connectivity index (χ3n) is 3.10. The Labute approximate surface area is 118 Å². The maximum absolute atomic E-state index is 11.5. The number of nitrogens with zero attached hydrogens (tertiary/aromatic N) is 5. The molecular weight excluding hydrogens is 258 g/mol. The molecule has 0 radical (unpaired) electrons. The van der Waals surface area contributed by atoms with E-state index in [0.717, 1.165) is 25.9 Å². The molecule has 1 fully saturated rings. The van der Waals surface area contributed by atoms with Gasteiger partial charge in [-0.2, -0.15) is 15.0 Å². The molecule has 1 aromatic rings. The summed E-state index contributed by atoms with van der Waals surface area (Å²) in [6.45, 7) is 2.34. The van der Waals surface area contributed by atoms with Gasteiger partial charge in [-0.05, 0) is 12.8 Å². The van der Waals surface area contributed by atoms with E-state index in [-0.39, 0.29) is 11.9 Å². The highest BCUT2D eigenvalue weighted by atomic mass is 16.2. The summed E-state index contributed by atoms with van der Waals surface area (Å²) in [7, 11) is 3.69. The molecule has 1 amide bonds. The van der Waals surface area contributed by atoms with E-state index >= 15 is 0 Å². The third-order valence-corrected chi connectivity index (χ3v) is 3.10. The number of carbonyl (C=O) groups excluding carboxylic acids is 1. The molecular formula is C12H21N7O. The van der Waals surface area contributed by atoms with Gasteiger partial charge in [0.15, 0.2) is 0 Å². The van der Waals surface area contributed by atoms with Crippen LogP contribution in [0.15, 0.2) is 0 Å². The van der Waals surface area contributed by atoms with Gasteiger partial charge in [0, 0.05) is 40.2 Å². The van der Waals surface area contributed by atoms with Crippen LogP contribution in [0.5, 0.6) is 0 Å². The maximum atomic E-state index is 11.5. The first-order valence-electron chi connectivity index (χ1n) is 6.77. The second-order valence-electron chi connectivity index (χ2n) is 4.98. The molecule has 0 bridgehead atoms. The van der Waals surface area contributed by atoms with Crippen molar-refractivity contribution in [2.75, 3.05) is 49.7 Å². The van der Waals surface area contributed by atoms with E-state index in [4.69, 9.17) is 5.73 Å². The highest BCUT2D eigenvalue weighted by Crippen LogP contribution is 2.11. The van der Waals surface area contributed by atoms with Crippen LogP contribution in [-0.2, 0) is 4.79 Å². The first kappa shape index (κ1) is 14.3. The van der Waals surface area contributed by atoms with E-state index in [9.17, 15) is 4.79 Å². The van der Waals surface area contributed by atoms with Crippen molar-refractivity contribution in [3.8, 4) is 0 Å². The van der Waals surface area contributed by atoms with E-state index < -0.39 is 0 Å². The van der Waals surface area contributed by atoms with Crippen LogP contribution in [-0.4, -0.2) is 59.5 Å². The van der Waals surface area contributed by atoms with Gasteiger partial charge in [-0.15, -0.1) is 0 Å². The second kappa shape index (κ2) is 6.36. The SMILES string of the molecule is CN(C)c1nc(N)nc(NCCCN2CCCC2=O)n1. The number of carbonyl (C=O) groups is 1. The van der Waals surface area contributed by atoms with E-state index in [1.165, 1.54) is 0 Å². The highest BCUT2D eigenvalue weighted by molar-refractivity contribution is 5.77. The van der Waals surface area contributed by atoms with Crippen LogP contribution in [0.25, 0.3) is 0 Å². The Kier molecular flexibility index (Phi) is 4.54. The van der Waals surface area contributed by atoms with Crippen LogP contribution < -0.4 is 16.0 Å². The Balaban J connectivity index is 1.80. The Hall–Kier alpha value is -2.12. The summed E-state index contributed by atoms with van der Waals surface area (Å²) >= 11 is 0. The zero-order valence-corrected chi connectivity index (χ0v) is 12.0. The van der Waals surface area contributed by atoms with E-state index in [1.807, 2.05) is 19.0 Å². The number of nitrogens with two attached hydrogens (primary N) is 1. The maximum Gasteiger partial charge on any atom is 0.231 e. The topological polar surface area (TPSA) is 100 Å². The van der Waals surface area contributed by atoms with Crippen LogP contribution in [0.1, 0.15) is 19.3 Å². The van der Waals surface area contributed by atoms with Gasteiger partial charge < -0.3 is 20.9 Å². The average Bonchev–Trinajstić information content (AvgIpc) is 2.80. The Morgan fingerprint density at radius 2 is 2.15 bits per heavy atom.